The van der Waals surface area contributed by atoms with E-state index < -0.39 is 0 Å². The highest BCUT2D eigenvalue weighted by atomic mass is 35.5. The lowest BCUT2D eigenvalue weighted by molar-refractivity contribution is -0.107. The summed E-state index contributed by atoms with van der Waals surface area (Å²) in [5.74, 6) is 0. The van der Waals surface area contributed by atoms with Gasteiger partial charge < -0.3 is 4.79 Å². The molecule has 0 amide bonds. The third-order valence-electron chi connectivity index (χ3n) is 3.52. The molecule has 0 fully saturated rings. The molecule has 1 aromatic heterocycles. The van der Waals surface area contributed by atoms with Crippen molar-refractivity contribution in [2.45, 2.75) is 12.8 Å². The van der Waals surface area contributed by atoms with Gasteiger partial charge >= 0.3 is 0 Å². The van der Waals surface area contributed by atoms with E-state index in [1.807, 2.05) is 30.3 Å². The Labute approximate surface area is 138 Å². The maximum Gasteiger partial charge on any atom is 0.120 e. The largest absolute Gasteiger partial charge is 0.303 e. The number of fused-ring (bicyclic) bond motifs is 1. The van der Waals surface area contributed by atoms with Crippen LogP contribution in [0.1, 0.15) is 12.0 Å². The molecule has 0 unspecified atom stereocenters. The zero-order valence-corrected chi connectivity index (χ0v) is 13.2. The van der Waals surface area contributed by atoms with Gasteiger partial charge in [-0.15, -0.1) is 0 Å². The molecule has 3 aromatic rings. The molecular formula is C18H13Cl2NO. The van der Waals surface area contributed by atoms with E-state index in [-0.39, 0.29) is 0 Å². The molecule has 0 saturated heterocycles. The smallest absolute Gasteiger partial charge is 0.120 e. The first kappa shape index (κ1) is 15.0. The fourth-order valence-corrected chi connectivity index (χ4v) is 3.03. The molecule has 0 aliphatic carbocycles. The maximum absolute atomic E-state index is 10.5. The Bertz CT molecular complexity index is 825. The number of hydrogen-bond acceptors (Lipinski definition) is 2. The highest BCUT2D eigenvalue weighted by Gasteiger charge is 2.10. The second-order valence-corrected chi connectivity index (χ2v) is 5.84. The fourth-order valence-electron chi connectivity index (χ4n) is 2.44. The summed E-state index contributed by atoms with van der Waals surface area (Å²) >= 11 is 12.5. The quantitative estimate of drug-likeness (QED) is 0.604. The van der Waals surface area contributed by atoms with E-state index in [0.717, 1.165) is 40.4 Å². The van der Waals surface area contributed by atoms with Gasteiger partial charge in [-0.3, -0.25) is 0 Å². The molecule has 0 spiro atoms. The molecule has 22 heavy (non-hydrogen) atoms. The van der Waals surface area contributed by atoms with Crippen LogP contribution in [0, 0.1) is 0 Å². The Morgan fingerprint density at radius 1 is 1.00 bits per heavy atom. The summed E-state index contributed by atoms with van der Waals surface area (Å²) in [6, 6.07) is 15.4. The lowest BCUT2D eigenvalue weighted by Gasteiger charge is -2.08. The molecule has 0 atom stereocenters. The minimum absolute atomic E-state index is 0.534. The van der Waals surface area contributed by atoms with Crippen LogP contribution < -0.4 is 0 Å². The van der Waals surface area contributed by atoms with Crippen LogP contribution in [0.3, 0.4) is 0 Å². The topological polar surface area (TPSA) is 30.0 Å². The predicted molar refractivity (Wildman–Crippen MR) is 91.6 cm³/mol. The van der Waals surface area contributed by atoms with Crippen molar-refractivity contribution >= 4 is 40.4 Å². The number of carbonyl (C=O) groups is 1. The molecule has 4 heteroatoms. The number of carbonyl (C=O) groups excluding carboxylic acids is 1. The molecule has 1 heterocycles. The number of halogens is 2. The van der Waals surface area contributed by atoms with Crippen molar-refractivity contribution < 1.29 is 4.79 Å². The molecule has 0 N–H and O–H groups in total. The minimum atomic E-state index is 0.534. The molecule has 0 aliphatic heterocycles. The number of aldehydes is 1. The SMILES string of the molecule is O=CCCc1ccc2nc(-c3c(Cl)cccc3Cl)ccc2c1. The number of pyridine rings is 1. The lowest BCUT2D eigenvalue weighted by atomic mass is 10.1. The van der Waals surface area contributed by atoms with Gasteiger partial charge in [-0.05, 0) is 42.3 Å². The molecule has 2 nitrogen and oxygen atoms in total. The van der Waals surface area contributed by atoms with Crippen LogP contribution >= 0.6 is 23.2 Å². The third-order valence-corrected chi connectivity index (χ3v) is 4.15. The summed E-state index contributed by atoms with van der Waals surface area (Å²) in [5.41, 5.74) is 3.51. The molecule has 0 radical (unpaired) electrons. The number of aromatic nitrogens is 1. The molecule has 0 saturated carbocycles. The first-order chi connectivity index (χ1) is 10.7. The van der Waals surface area contributed by atoms with Crippen molar-refractivity contribution in [1.29, 1.82) is 0 Å². The molecule has 3 rings (SSSR count). The second kappa shape index (κ2) is 6.47. The standard InChI is InChI=1S/C18H13Cl2NO/c19-14-4-1-5-15(20)18(14)17-9-7-13-11-12(3-2-10-22)6-8-16(13)21-17/h1,4-11H,2-3H2. The Hall–Kier alpha value is -1.90. The average Bonchev–Trinajstić information content (AvgIpc) is 2.52. The van der Waals surface area contributed by atoms with Gasteiger partial charge in [0.15, 0.2) is 0 Å². The Morgan fingerprint density at radius 2 is 1.77 bits per heavy atom. The maximum atomic E-state index is 10.5. The van der Waals surface area contributed by atoms with E-state index in [9.17, 15) is 4.79 Å². The monoisotopic (exact) mass is 329 g/mol. The number of benzene rings is 2. The van der Waals surface area contributed by atoms with Gasteiger partial charge in [0.1, 0.15) is 6.29 Å². The number of hydrogen-bond donors (Lipinski definition) is 0. The van der Waals surface area contributed by atoms with E-state index in [4.69, 9.17) is 23.2 Å². The predicted octanol–water partition coefficient (Wildman–Crippen LogP) is 5.34. The van der Waals surface area contributed by atoms with Crippen molar-refractivity contribution in [2.24, 2.45) is 0 Å². The Balaban J connectivity index is 2.05. The second-order valence-electron chi connectivity index (χ2n) is 5.03. The van der Waals surface area contributed by atoms with E-state index in [2.05, 4.69) is 11.1 Å². The zero-order chi connectivity index (χ0) is 15.5. The summed E-state index contributed by atoms with van der Waals surface area (Å²) in [7, 11) is 0. The number of aryl methyl sites for hydroxylation is 1. The van der Waals surface area contributed by atoms with Gasteiger partial charge in [0.2, 0.25) is 0 Å². The van der Waals surface area contributed by atoms with Crippen LogP contribution in [0.15, 0.2) is 48.5 Å². The molecular weight excluding hydrogens is 317 g/mol. The van der Waals surface area contributed by atoms with Crippen LogP contribution in [0.4, 0.5) is 0 Å². The summed E-state index contributed by atoms with van der Waals surface area (Å²) in [6.45, 7) is 0. The van der Waals surface area contributed by atoms with Crippen molar-refractivity contribution in [3.63, 3.8) is 0 Å². The van der Waals surface area contributed by atoms with Crippen molar-refractivity contribution in [3.05, 3.63) is 64.1 Å². The summed E-state index contributed by atoms with van der Waals surface area (Å²) in [6.07, 6.45) is 2.22. The zero-order valence-electron chi connectivity index (χ0n) is 11.7. The lowest BCUT2D eigenvalue weighted by Crippen LogP contribution is -1.90. The van der Waals surface area contributed by atoms with Crippen molar-refractivity contribution in [2.75, 3.05) is 0 Å². The van der Waals surface area contributed by atoms with Gasteiger partial charge in [0.05, 0.1) is 21.3 Å². The van der Waals surface area contributed by atoms with Gasteiger partial charge in [0, 0.05) is 17.4 Å². The molecule has 0 bridgehead atoms. The van der Waals surface area contributed by atoms with Crippen LogP contribution in [0.5, 0.6) is 0 Å². The fraction of sp³-hybridized carbons (Fsp3) is 0.111. The van der Waals surface area contributed by atoms with Crippen LogP contribution in [-0.4, -0.2) is 11.3 Å². The highest BCUT2D eigenvalue weighted by Crippen LogP contribution is 2.34. The first-order valence-corrected chi connectivity index (χ1v) is 7.72. The van der Waals surface area contributed by atoms with Crippen LogP contribution in [0.2, 0.25) is 10.0 Å². The Kier molecular flexibility index (Phi) is 4.41. The van der Waals surface area contributed by atoms with Crippen molar-refractivity contribution in [3.8, 4) is 11.3 Å². The summed E-state index contributed by atoms with van der Waals surface area (Å²) in [4.78, 5) is 15.1. The van der Waals surface area contributed by atoms with E-state index >= 15 is 0 Å². The number of rotatable bonds is 4. The molecule has 0 aliphatic rings. The van der Waals surface area contributed by atoms with E-state index in [1.54, 1.807) is 12.1 Å². The van der Waals surface area contributed by atoms with Crippen LogP contribution in [0.25, 0.3) is 22.2 Å². The van der Waals surface area contributed by atoms with E-state index in [0.29, 0.717) is 16.5 Å². The third kappa shape index (κ3) is 2.99. The van der Waals surface area contributed by atoms with E-state index in [1.165, 1.54) is 0 Å². The van der Waals surface area contributed by atoms with Gasteiger partial charge in [-0.2, -0.15) is 0 Å². The molecule has 110 valence electrons. The average molecular weight is 330 g/mol. The summed E-state index contributed by atoms with van der Waals surface area (Å²) in [5, 5.41) is 2.21. The normalized spacial score (nSPS) is 10.8. The van der Waals surface area contributed by atoms with Gasteiger partial charge in [-0.1, -0.05) is 41.4 Å². The van der Waals surface area contributed by atoms with Crippen LogP contribution in [-0.2, 0) is 11.2 Å². The van der Waals surface area contributed by atoms with Gasteiger partial charge in [-0.25, -0.2) is 4.98 Å². The minimum Gasteiger partial charge on any atom is -0.303 e. The Morgan fingerprint density at radius 3 is 2.50 bits per heavy atom. The van der Waals surface area contributed by atoms with Crippen molar-refractivity contribution in [1.82, 2.24) is 4.98 Å². The summed E-state index contributed by atoms with van der Waals surface area (Å²) < 4.78 is 0. The number of nitrogens with zero attached hydrogens (tertiary/aromatic N) is 1. The highest BCUT2D eigenvalue weighted by molar-refractivity contribution is 6.39. The molecule has 2 aromatic carbocycles. The van der Waals surface area contributed by atoms with Gasteiger partial charge in [0.25, 0.3) is 0 Å². The first-order valence-electron chi connectivity index (χ1n) is 6.97.